The third-order valence-corrected chi connectivity index (χ3v) is 5.94. The highest BCUT2D eigenvalue weighted by Crippen LogP contribution is 2.32. The second kappa shape index (κ2) is 6.72. The molecule has 25 heavy (non-hydrogen) atoms. The van der Waals surface area contributed by atoms with Crippen molar-refractivity contribution in [3.8, 4) is 0 Å². The minimum Gasteiger partial charge on any atom is -0.349 e. The van der Waals surface area contributed by atoms with E-state index in [4.69, 9.17) is 5.73 Å². The molecule has 4 rings (SSSR count). The smallest absolute Gasteiger partial charge is 0.259 e. The highest BCUT2D eigenvalue weighted by Gasteiger charge is 2.26. The highest BCUT2D eigenvalue weighted by molar-refractivity contribution is 8.04. The van der Waals surface area contributed by atoms with Crippen molar-refractivity contribution < 1.29 is 4.79 Å². The van der Waals surface area contributed by atoms with Crippen LogP contribution < -0.4 is 16.0 Å². The Morgan fingerprint density at radius 2 is 2.36 bits per heavy atom. The number of carbonyl (C=O) groups is 1. The van der Waals surface area contributed by atoms with Crippen LogP contribution in [-0.2, 0) is 4.79 Å². The first-order chi connectivity index (χ1) is 12.1. The first kappa shape index (κ1) is 16.5. The van der Waals surface area contributed by atoms with Gasteiger partial charge in [-0.2, -0.15) is 0 Å². The standard InChI is InChI=1S/C18H23N5OS/c1-11-9-21-17-16(11)14(4-5-20-17)23-6-7-25-15(10-23)18(24)22-13-3-2-12(19)8-13/h4-5,9-10,12-13H,2-3,6-8,19H2,1H3,(H,20,21)(H,22,24)/t12-,13+/m0/s1. The molecule has 7 heteroatoms. The summed E-state index contributed by atoms with van der Waals surface area (Å²) in [5, 5.41) is 4.26. The van der Waals surface area contributed by atoms with Crippen LogP contribution in [0.2, 0.25) is 0 Å². The van der Waals surface area contributed by atoms with Crippen LogP contribution in [0.1, 0.15) is 24.8 Å². The van der Waals surface area contributed by atoms with E-state index in [0.29, 0.717) is 0 Å². The molecule has 4 N–H and O–H groups in total. The fraction of sp³-hybridized carbons (Fsp3) is 0.444. The number of nitrogens with one attached hydrogen (secondary N) is 2. The zero-order valence-corrected chi connectivity index (χ0v) is 15.1. The largest absolute Gasteiger partial charge is 0.349 e. The number of pyridine rings is 1. The number of carbonyl (C=O) groups excluding carboxylic acids is 1. The van der Waals surface area contributed by atoms with Gasteiger partial charge in [0, 0.05) is 48.4 Å². The van der Waals surface area contributed by atoms with Crippen LogP contribution in [0.25, 0.3) is 11.0 Å². The van der Waals surface area contributed by atoms with Gasteiger partial charge in [-0.1, -0.05) is 0 Å². The lowest BCUT2D eigenvalue weighted by Gasteiger charge is -2.27. The molecule has 2 atom stereocenters. The number of nitrogens with two attached hydrogens (primary N) is 1. The van der Waals surface area contributed by atoms with Crippen molar-refractivity contribution in [3.05, 3.63) is 35.1 Å². The van der Waals surface area contributed by atoms with E-state index in [0.717, 1.165) is 58.7 Å². The molecule has 1 aliphatic carbocycles. The van der Waals surface area contributed by atoms with Crippen LogP contribution in [0.15, 0.2) is 29.6 Å². The Hall–Kier alpha value is -1.99. The maximum atomic E-state index is 12.6. The number of anilines is 1. The van der Waals surface area contributed by atoms with Gasteiger partial charge in [0.25, 0.3) is 5.91 Å². The monoisotopic (exact) mass is 357 g/mol. The van der Waals surface area contributed by atoms with Crippen molar-refractivity contribution in [1.82, 2.24) is 15.3 Å². The number of thioether (sulfide) groups is 1. The number of rotatable bonds is 3. The average Bonchev–Trinajstić information content (AvgIpc) is 3.21. The molecule has 2 aliphatic rings. The van der Waals surface area contributed by atoms with Gasteiger partial charge in [0.1, 0.15) is 5.65 Å². The number of aryl methyl sites for hydroxylation is 1. The number of amides is 1. The lowest BCUT2D eigenvalue weighted by atomic mass is 10.2. The van der Waals surface area contributed by atoms with E-state index in [-0.39, 0.29) is 18.0 Å². The van der Waals surface area contributed by atoms with E-state index in [1.54, 1.807) is 11.8 Å². The molecule has 3 heterocycles. The molecular weight excluding hydrogens is 334 g/mol. The van der Waals surface area contributed by atoms with E-state index >= 15 is 0 Å². The van der Waals surface area contributed by atoms with Gasteiger partial charge in [0.2, 0.25) is 0 Å². The predicted molar refractivity (Wildman–Crippen MR) is 102 cm³/mol. The number of nitrogens with zero attached hydrogens (tertiary/aromatic N) is 2. The first-order valence-corrected chi connectivity index (χ1v) is 9.71. The number of hydrogen-bond donors (Lipinski definition) is 3. The second-order valence-electron chi connectivity index (χ2n) is 6.80. The lowest BCUT2D eigenvalue weighted by molar-refractivity contribution is -0.117. The third-order valence-electron chi connectivity index (χ3n) is 4.95. The number of aromatic nitrogens is 2. The van der Waals surface area contributed by atoms with Gasteiger partial charge in [-0.15, -0.1) is 11.8 Å². The molecule has 0 unspecified atom stereocenters. The summed E-state index contributed by atoms with van der Waals surface area (Å²) in [6, 6.07) is 2.44. The van der Waals surface area contributed by atoms with Crippen LogP contribution in [0, 0.1) is 6.92 Å². The van der Waals surface area contributed by atoms with Crippen LogP contribution >= 0.6 is 11.8 Å². The predicted octanol–water partition coefficient (Wildman–Crippen LogP) is 2.26. The summed E-state index contributed by atoms with van der Waals surface area (Å²) < 4.78 is 0. The number of hydrogen-bond acceptors (Lipinski definition) is 5. The molecule has 1 fully saturated rings. The maximum Gasteiger partial charge on any atom is 0.259 e. The normalized spacial score (nSPS) is 23.8. The van der Waals surface area contributed by atoms with Crippen molar-refractivity contribution in [2.24, 2.45) is 5.73 Å². The second-order valence-corrected chi connectivity index (χ2v) is 7.94. The average molecular weight is 357 g/mol. The van der Waals surface area contributed by atoms with Crippen LogP contribution in [-0.4, -0.2) is 40.3 Å². The Bertz CT molecular complexity index is 830. The van der Waals surface area contributed by atoms with Crippen molar-refractivity contribution in [1.29, 1.82) is 0 Å². The summed E-state index contributed by atoms with van der Waals surface area (Å²) in [5.41, 5.74) is 9.09. The van der Waals surface area contributed by atoms with Crippen molar-refractivity contribution in [2.75, 3.05) is 17.2 Å². The van der Waals surface area contributed by atoms with Crippen molar-refractivity contribution >= 4 is 34.4 Å². The van der Waals surface area contributed by atoms with Gasteiger partial charge in [-0.3, -0.25) is 4.79 Å². The molecule has 2 aromatic heterocycles. The van der Waals surface area contributed by atoms with Gasteiger partial charge >= 0.3 is 0 Å². The summed E-state index contributed by atoms with van der Waals surface area (Å²) in [6.07, 6.45) is 8.59. The third kappa shape index (κ3) is 3.26. The summed E-state index contributed by atoms with van der Waals surface area (Å²) in [7, 11) is 0. The molecular formula is C18H23N5OS. The molecule has 2 aromatic rings. The van der Waals surface area contributed by atoms with Crippen LogP contribution in [0.4, 0.5) is 5.69 Å². The lowest BCUT2D eigenvalue weighted by Crippen LogP contribution is -2.36. The SMILES string of the molecule is Cc1c[nH]c2nccc(N3C=C(C(=O)N[C@@H]4CC[C@H](N)C4)SCC3)c12. The molecule has 1 amide bonds. The van der Waals surface area contributed by atoms with Crippen LogP contribution in [0.3, 0.4) is 0 Å². The molecule has 0 bridgehead atoms. The quantitative estimate of drug-likeness (QED) is 0.784. The van der Waals surface area contributed by atoms with Gasteiger partial charge in [0.05, 0.1) is 10.6 Å². The van der Waals surface area contributed by atoms with Crippen molar-refractivity contribution in [2.45, 2.75) is 38.3 Å². The van der Waals surface area contributed by atoms with Gasteiger partial charge in [-0.05, 0) is 37.8 Å². The fourth-order valence-corrected chi connectivity index (χ4v) is 4.55. The van der Waals surface area contributed by atoms with Crippen molar-refractivity contribution in [3.63, 3.8) is 0 Å². The highest BCUT2D eigenvalue weighted by atomic mass is 32.2. The van der Waals surface area contributed by atoms with E-state index in [1.165, 1.54) is 0 Å². The summed E-state index contributed by atoms with van der Waals surface area (Å²) in [5.74, 6) is 0.904. The first-order valence-electron chi connectivity index (χ1n) is 8.72. The van der Waals surface area contributed by atoms with E-state index in [2.05, 4.69) is 27.1 Å². The summed E-state index contributed by atoms with van der Waals surface area (Å²) in [4.78, 5) is 23.2. The van der Waals surface area contributed by atoms with Gasteiger partial charge in [-0.25, -0.2) is 4.98 Å². The number of aromatic amines is 1. The molecule has 0 radical (unpaired) electrons. The summed E-state index contributed by atoms with van der Waals surface area (Å²) >= 11 is 1.62. The number of fused-ring (bicyclic) bond motifs is 1. The number of H-pyrrole nitrogens is 1. The van der Waals surface area contributed by atoms with Gasteiger partial charge in [0.15, 0.2) is 0 Å². The minimum atomic E-state index is 0.0184. The Morgan fingerprint density at radius 1 is 1.48 bits per heavy atom. The van der Waals surface area contributed by atoms with E-state index in [1.807, 2.05) is 24.7 Å². The maximum absolute atomic E-state index is 12.6. The van der Waals surface area contributed by atoms with Gasteiger partial charge < -0.3 is 20.9 Å². The van der Waals surface area contributed by atoms with E-state index in [9.17, 15) is 4.79 Å². The Balaban J connectivity index is 1.57. The molecule has 132 valence electrons. The molecule has 6 nitrogen and oxygen atoms in total. The summed E-state index contributed by atoms with van der Waals surface area (Å²) in [6.45, 7) is 2.95. The molecule has 0 spiro atoms. The van der Waals surface area contributed by atoms with E-state index < -0.39 is 0 Å². The topological polar surface area (TPSA) is 87.0 Å². The molecule has 1 aliphatic heterocycles. The Labute approximate surface area is 151 Å². The molecule has 1 saturated carbocycles. The minimum absolute atomic E-state index is 0.0184. The molecule has 0 aromatic carbocycles. The molecule has 0 saturated heterocycles. The van der Waals surface area contributed by atoms with Crippen LogP contribution in [0.5, 0.6) is 0 Å². The fourth-order valence-electron chi connectivity index (χ4n) is 3.65. The zero-order valence-electron chi connectivity index (χ0n) is 14.3. The zero-order chi connectivity index (χ0) is 17.4. The Kier molecular flexibility index (Phi) is 4.43. The Morgan fingerprint density at radius 3 is 3.16 bits per heavy atom.